The van der Waals surface area contributed by atoms with E-state index in [4.69, 9.17) is 5.73 Å². The van der Waals surface area contributed by atoms with Gasteiger partial charge in [-0.1, -0.05) is 12.8 Å². The van der Waals surface area contributed by atoms with Crippen molar-refractivity contribution >= 4 is 5.91 Å². The molecule has 2 unspecified atom stereocenters. The molecule has 1 aliphatic carbocycles. The van der Waals surface area contributed by atoms with Gasteiger partial charge in [0.25, 0.3) is 0 Å². The van der Waals surface area contributed by atoms with Gasteiger partial charge in [0.2, 0.25) is 5.91 Å². The number of nitrogens with zero attached hydrogens (tertiary/aromatic N) is 2. The van der Waals surface area contributed by atoms with Gasteiger partial charge in [0, 0.05) is 12.1 Å². The van der Waals surface area contributed by atoms with Gasteiger partial charge in [-0.2, -0.15) is 10.2 Å². The van der Waals surface area contributed by atoms with Gasteiger partial charge in [0.1, 0.15) is 0 Å². The molecule has 0 spiro atoms. The normalized spacial score (nSPS) is 23.6. The highest BCUT2D eigenvalue weighted by Gasteiger charge is 2.29. The Morgan fingerprint density at radius 3 is 3.00 bits per heavy atom. The molecule has 0 bridgehead atoms. The molecule has 1 aromatic rings. The van der Waals surface area contributed by atoms with Crippen LogP contribution in [-0.4, -0.2) is 22.6 Å². The van der Waals surface area contributed by atoms with E-state index >= 15 is 0 Å². The molecule has 18 heavy (non-hydrogen) atoms. The lowest BCUT2D eigenvalue weighted by Crippen LogP contribution is -2.39. The maximum atomic E-state index is 12.1. The van der Waals surface area contributed by atoms with Crippen molar-refractivity contribution in [2.75, 3.05) is 6.54 Å². The zero-order valence-corrected chi connectivity index (χ0v) is 10.5. The van der Waals surface area contributed by atoms with Crippen LogP contribution in [0.5, 0.6) is 0 Å². The number of aromatic nitrogens is 2. The molecule has 5 heteroatoms. The third kappa shape index (κ3) is 3.26. The Morgan fingerprint density at radius 2 is 2.28 bits per heavy atom. The molecule has 1 heterocycles. The zero-order valence-electron chi connectivity index (χ0n) is 10.5. The first kappa shape index (κ1) is 13.0. The first-order valence-electron chi connectivity index (χ1n) is 6.55. The third-order valence-electron chi connectivity index (χ3n) is 3.62. The highest BCUT2D eigenvalue weighted by molar-refractivity contribution is 5.79. The molecule has 1 aromatic heterocycles. The Hall–Kier alpha value is -1.49. The van der Waals surface area contributed by atoms with Crippen LogP contribution in [0.2, 0.25) is 0 Å². The summed E-state index contributed by atoms with van der Waals surface area (Å²) in [5.74, 6) is 0.511. The van der Waals surface area contributed by atoms with Crippen LogP contribution in [0.25, 0.3) is 0 Å². The summed E-state index contributed by atoms with van der Waals surface area (Å²) < 4.78 is 0. The van der Waals surface area contributed by atoms with Gasteiger partial charge in [0.15, 0.2) is 0 Å². The summed E-state index contributed by atoms with van der Waals surface area (Å²) in [6.45, 7) is 1.05. The topological polar surface area (TPSA) is 80.9 Å². The van der Waals surface area contributed by atoms with Gasteiger partial charge in [-0.25, -0.2) is 0 Å². The summed E-state index contributed by atoms with van der Waals surface area (Å²) in [5.41, 5.74) is 6.52. The van der Waals surface area contributed by atoms with Crippen LogP contribution < -0.4 is 11.1 Å². The molecule has 98 valence electrons. The number of hydrogen-bond acceptors (Lipinski definition) is 4. The van der Waals surface area contributed by atoms with Crippen LogP contribution in [0.1, 0.15) is 31.4 Å². The second-order valence-electron chi connectivity index (χ2n) is 4.82. The van der Waals surface area contributed by atoms with Crippen LogP contribution >= 0.6 is 0 Å². The number of nitrogens with two attached hydrogens (primary N) is 1. The summed E-state index contributed by atoms with van der Waals surface area (Å²) in [4.78, 5) is 12.1. The second-order valence-corrected chi connectivity index (χ2v) is 4.82. The predicted molar refractivity (Wildman–Crippen MR) is 68.4 cm³/mol. The van der Waals surface area contributed by atoms with E-state index in [1.54, 1.807) is 6.20 Å². The Morgan fingerprint density at radius 1 is 1.44 bits per heavy atom. The van der Waals surface area contributed by atoms with Crippen molar-refractivity contribution < 1.29 is 4.79 Å². The molecule has 1 fully saturated rings. The summed E-state index contributed by atoms with van der Waals surface area (Å²) >= 11 is 0. The fraction of sp³-hybridized carbons (Fsp3) is 0.615. The highest BCUT2D eigenvalue weighted by atomic mass is 16.1. The van der Waals surface area contributed by atoms with Crippen LogP contribution in [0.4, 0.5) is 0 Å². The zero-order chi connectivity index (χ0) is 12.8. The third-order valence-corrected chi connectivity index (χ3v) is 3.62. The largest absolute Gasteiger partial charge is 0.350 e. The number of nitrogens with one attached hydrogen (secondary N) is 1. The summed E-state index contributed by atoms with van der Waals surface area (Å²) in [6, 6.07) is 3.67. The lowest BCUT2D eigenvalue weighted by Gasteiger charge is -2.29. The van der Waals surface area contributed by atoms with Crippen LogP contribution in [0.15, 0.2) is 18.3 Å². The Kier molecular flexibility index (Phi) is 4.64. The molecule has 0 aromatic carbocycles. The molecular formula is C13H20N4O. The van der Waals surface area contributed by atoms with Gasteiger partial charge in [-0.3, -0.25) is 4.79 Å². The fourth-order valence-corrected chi connectivity index (χ4v) is 2.57. The van der Waals surface area contributed by atoms with Crippen LogP contribution in [-0.2, 0) is 11.3 Å². The Labute approximate surface area is 107 Å². The van der Waals surface area contributed by atoms with Crippen molar-refractivity contribution in [1.29, 1.82) is 0 Å². The SMILES string of the molecule is NCC1CCCCC1C(=O)NCc1cccnn1. The highest BCUT2D eigenvalue weighted by Crippen LogP contribution is 2.29. The quantitative estimate of drug-likeness (QED) is 0.828. The maximum Gasteiger partial charge on any atom is 0.223 e. The van der Waals surface area contributed by atoms with Crippen molar-refractivity contribution in [3.05, 3.63) is 24.0 Å². The average molecular weight is 248 g/mol. The van der Waals surface area contributed by atoms with E-state index in [0.717, 1.165) is 25.0 Å². The smallest absolute Gasteiger partial charge is 0.223 e. The van der Waals surface area contributed by atoms with E-state index in [9.17, 15) is 4.79 Å². The average Bonchev–Trinajstić information content (AvgIpc) is 2.45. The van der Waals surface area contributed by atoms with E-state index in [1.165, 1.54) is 6.42 Å². The van der Waals surface area contributed by atoms with Gasteiger partial charge in [-0.15, -0.1) is 0 Å². The van der Waals surface area contributed by atoms with Crippen LogP contribution in [0.3, 0.4) is 0 Å². The second kappa shape index (κ2) is 6.44. The van der Waals surface area contributed by atoms with E-state index in [0.29, 0.717) is 19.0 Å². The molecule has 2 atom stereocenters. The molecule has 0 radical (unpaired) electrons. The number of hydrogen-bond donors (Lipinski definition) is 2. The maximum absolute atomic E-state index is 12.1. The minimum atomic E-state index is 0.0698. The van der Waals surface area contributed by atoms with E-state index in [2.05, 4.69) is 15.5 Å². The monoisotopic (exact) mass is 248 g/mol. The van der Waals surface area contributed by atoms with E-state index in [1.807, 2.05) is 12.1 Å². The number of rotatable bonds is 4. The van der Waals surface area contributed by atoms with Gasteiger partial charge in [0.05, 0.1) is 12.2 Å². The first-order chi connectivity index (χ1) is 8.81. The van der Waals surface area contributed by atoms with Gasteiger partial charge < -0.3 is 11.1 Å². The lowest BCUT2D eigenvalue weighted by atomic mass is 9.79. The minimum absolute atomic E-state index is 0.0698. The van der Waals surface area contributed by atoms with Gasteiger partial charge >= 0.3 is 0 Å². The van der Waals surface area contributed by atoms with E-state index < -0.39 is 0 Å². The van der Waals surface area contributed by atoms with Crippen molar-refractivity contribution in [3.8, 4) is 0 Å². The molecule has 0 saturated heterocycles. The molecule has 3 N–H and O–H groups in total. The Bertz CT molecular complexity index is 382. The molecule has 0 aliphatic heterocycles. The molecule has 2 rings (SSSR count). The standard InChI is InChI=1S/C13H20N4O/c14-8-10-4-1-2-6-12(10)13(18)15-9-11-5-3-7-16-17-11/h3,5,7,10,12H,1-2,4,6,8-9,14H2,(H,15,18). The number of amides is 1. The molecule has 1 aliphatic rings. The van der Waals surface area contributed by atoms with Crippen molar-refractivity contribution in [2.24, 2.45) is 17.6 Å². The summed E-state index contributed by atoms with van der Waals surface area (Å²) in [5, 5.41) is 10.7. The molecule has 5 nitrogen and oxygen atoms in total. The van der Waals surface area contributed by atoms with Crippen molar-refractivity contribution in [3.63, 3.8) is 0 Å². The van der Waals surface area contributed by atoms with E-state index in [-0.39, 0.29) is 11.8 Å². The number of carbonyl (C=O) groups excluding carboxylic acids is 1. The predicted octanol–water partition coefficient (Wildman–Crippen LogP) is 0.858. The minimum Gasteiger partial charge on any atom is -0.350 e. The van der Waals surface area contributed by atoms with Crippen LogP contribution in [0, 0.1) is 11.8 Å². The van der Waals surface area contributed by atoms with Crippen molar-refractivity contribution in [1.82, 2.24) is 15.5 Å². The lowest BCUT2D eigenvalue weighted by molar-refractivity contribution is -0.127. The first-order valence-corrected chi connectivity index (χ1v) is 6.55. The molecule has 1 amide bonds. The Balaban J connectivity index is 1.87. The van der Waals surface area contributed by atoms with Crippen molar-refractivity contribution in [2.45, 2.75) is 32.2 Å². The molecular weight excluding hydrogens is 228 g/mol. The summed E-state index contributed by atoms with van der Waals surface area (Å²) in [7, 11) is 0. The number of carbonyl (C=O) groups is 1. The van der Waals surface area contributed by atoms with Gasteiger partial charge in [-0.05, 0) is 37.4 Å². The fourth-order valence-electron chi connectivity index (χ4n) is 2.57. The molecule has 1 saturated carbocycles. The summed E-state index contributed by atoms with van der Waals surface area (Å²) in [6.07, 6.45) is 5.96.